The highest BCUT2D eigenvalue weighted by Gasteiger charge is 2.11. The van der Waals surface area contributed by atoms with Crippen molar-refractivity contribution in [2.45, 2.75) is 6.54 Å². The SMILES string of the molecule is O=C(Nc1cccc(Br)c1)Nc1cccc2c1ccn2Cc1c[nH]c2ncccc12. The molecule has 0 unspecified atom stereocenters. The highest BCUT2D eigenvalue weighted by molar-refractivity contribution is 9.10. The molecule has 5 aromatic rings. The van der Waals surface area contributed by atoms with Gasteiger partial charge in [-0.05, 0) is 54.1 Å². The molecular formula is C23H18BrN5O. The minimum atomic E-state index is -0.281. The Morgan fingerprint density at radius 2 is 1.93 bits per heavy atom. The maximum absolute atomic E-state index is 12.5. The van der Waals surface area contributed by atoms with Gasteiger partial charge in [0.1, 0.15) is 5.65 Å². The molecule has 148 valence electrons. The number of benzene rings is 2. The van der Waals surface area contributed by atoms with Crippen molar-refractivity contribution in [1.82, 2.24) is 14.5 Å². The van der Waals surface area contributed by atoms with Crippen LogP contribution in [0.4, 0.5) is 16.2 Å². The number of hydrogen-bond acceptors (Lipinski definition) is 2. The molecule has 30 heavy (non-hydrogen) atoms. The van der Waals surface area contributed by atoms with Crippen LogP contribution in [-0.2, 0) is 6.54 Å². The van der Waals surface area contributed by atoms with E-state index < -0.39 is 0 Å². The molecule has 7 heteroatoms. The molecule has 5 rings (SSSR count). The number of pyridine rings is 1. The lowest BCUT2D eigenvalue weighted by Crippen LogP contribution is -2.19. The third-order valence-electron chi connectivity index (χ3n) is 5.02. The molecular weight excluding hydrogens is 442 g/mol. The van der Waals surface area contributed by atoms with E-state index >= 15 is 0 Å². The third kappa shape index (κ3) is 3.55. The summed E-state index contributed by atoms with van der Waals surface area (Å²) in [7, 11) is 0. The summed E-state index contributed by atoms with van der Waals surface area (Å²) in [5.74, 6) is 0. The Morgan fingerprint density at radius 3 is 2.83 bits per heavy atom. The zero-order valence-electron chi connectivity index (χ0n) is 15.9. The molecule has 0 spiro atoms. The molecule has 0 saturated carbocycles. The van der Waals surface area contributed by atoms with Crippen molar-refractivity contribution in [3.05, 3.63) is 89.3 Å². The molecule has 0 bridgehead atoms. The van der Waals surface area contributed by atoms with Crippen LogP contribution in [0.15, 0.2) is 83.7 Å². The quantitative estimate of drug-likeness (QED) is 0.309. The summed E-state index contributed by atoms with van der Waals surface area (Å²) >= 11 is 3.41. The fourth-order valence-electron chi connectivity index (χ4n) is 3.65. The molecule has 0 aliphatic carbocycles. The maximum Gasteiger partial charge on any atom is 0.323 e. The van der Waals surface area contributed by atoms with Gasteiger partial charge in [0.2, 0.25) is 0 Å². The predicted molar refractivity (Wildman–Crippen MR) is 124 cm³/mol. The first-order valence-corrected chi connectivity index (χ1v) is 10.3. The van der Waals surface area contributed by atoms with Crippen molar-refractivity contribution in [1.29, 1.82) is 0 Å². The van der Waals surface area contributed by atoms with Crippen molar-refractivity contribution >= 4 is 55.3 Å². The van der Waals surface area contributed by atoms with E-state index in [9.17, 15) is 4.79 Å². The van der Waals surface area contributed by atoms with Crippen LogP contribution < -0.4 is 10.6 Å². The topological polar surface area (TPSA) is 74.7 Å². The minimum Gasteiger partial charge on any atom is -0.346 e. The summed E-state index contributed by atoms with van der Waals surface area (Å²) in [6, 6.07) is 19.2. The molecule has 0 aliphatic rings. The molecule has 2 aromatic carbocycles. The number of aromatic amines is 1. The minimum absolute atomic E-state index is 0.281. The van der Waals surface area contributed by atoms with Gasteiger partial charge in [-0.1, -0.05) is 28.1 Å². The van der Waals surface area contributed by atoms with E-state index in [1.165, 1.54) is 5.56 Å². The number of nitrogens with one attached hydrogen (secondary N) is 3. The van der Waals surface area contributed by atoms with Crippen molar-refractivity contribution in [2.24, 2.45) is 0 Å². The largest absolute Gasteiger partial charge is 0.346 e. The van der Waals surface area contributed by atoms with E-state index in [0.717, 1.165) is 37.8 Å². The van der Waals surface area contributed by atoms with Gasteiger partial charge >= 0.3 is 6.03 Å². The zero-order valence-corrected chi connectivity index (χ0v) is 17.5. The van der Waals surface area contributed by atoms with Crippen LogP contribution in [0.1, 0.15) is 5.56 Å². The summed E-state index contributed by atoms with van der Waals surface area (Å²) in [6.45, 7) is 0.711. The number of rotatable bonds is 4. The van der Waals surface area contributed by atoms with E-state index in [-0.39, 0.29) is 6.03 Å². The van der Waals surface area contributed by atoms with Gasteiger partial charge in [-0.2, -0.15) is 0 Å². The first kappa shape index (κ1) is 18.4. The molecule has 0 fully saturated rings. The molecule has 3 aromatic heterocycles. The Bertz CT molecular complexity index is 1370. The highest BCUT2D eigenvalue weighted by atomic mass is 79.9. The fourth-order valence-corrected chi connectivity index (χ4v) is 4.05. The number of anilines is 2. The number of amides is 2. The monoisotopic (exact) mass is 459 g/mol. The van der Waals surface area contributed by atoms with E-state index in [4.69, 9.17) is 0 Å². The van der Waals surface area contributed by atoms with Gasteiger partial charge < -0.3 is 20.2 Å². The van der Waals surface area contributed by atoms with Crippen molar-refractivity contribution < 1.29 is 4.79 Å². The van der Waals surface area contributed by atoms with Crippen molar-refractivity contribution in [3.63, 3.8) is 0 Å². The average Bonchev–Trinajstić information content (AvgIpc) is 3.34. The standard InChI is InChI=1S/C23H18BrN5O/c24-16-4-1-5-17(12-16)27-23(30)28-20-7-2-8-21-19(20)9-11-29(21)14-15-13-26-22-18(15)6-3-10-25-22/h1-13H,14H2,(H,25,26)(H2,27,28,30). The molecule has 6 nitrogen and oxygen atoms in total. The lowest BCUT2D eigenvalue weighted by Gasteiger charge is -2.10. The summed E-state index contributed by atoms with van der Waals surface area (Å²) in [5, 5.41) is 7.92. The van der Waals surface area contributed by atoms with Crippen LogP contribution in [-0.4, -0.2) is 20.6 Å². The van der Waals surface area contributed by atoms with Crippen LogP contribution in [0.2, 0.25) is 0 Å². The number of carbonyl (C=O) groups is 1. The molecule has 0 radical (unpaired) electrons. The Labute approximate surface area is 181 Å². The summed E-state index contributed by atoms with van der Waals surface area (Å²) < 4.78 is 3.08. The first-order valence-electron chi connectivity index (χ1n) is 9.50. The second-order valence-corrected chi connectivity index (χ2v) is 7.90. The number of nitrogens with zero attached hydrogens (tertiary/aromatic N) is 2. The van der Waals surface area contributed by atoms with E-state index in [0.29, 0.717) is 6.54 Å². The molecule has 0 saturated heterocycles. The van der Waals surface area contributed by atoms with Crippen LogP contribution in [0, 0.1) is 0 Å². The normalized spacial score (nSPS) is 11.1. The van der Waals surface area contributed by atoms with Gasteiger partial charge in [0.25, 0.3) is 0 Å². The Hall–Kier alpha value is -3.58. The van der Waals surface area contributed by atoms with Gasteiger partial charge in [-0.25, -0.2) is 9.78 Å². The molecule has 3 N–H and O–H groups in total. The summed E-state index contributed by atoms with van der Waals surface area (Å²) in [6.07, 6.45) is 5.82. The second kappa shape index (κ2) is 7.68. The number of aromatic nitrogens is 3. The molecule has 0 atom stereocenters. The third-order valence-corrected chi connectivity index (χ3v) is 5.52. The molecule has 3 heterocycles. The number of carbonyl (C=O) groups excluding carboxylic acids is 1. The summed E-state index contributed by atoms with van der Waals surface area (Å²) in [4.78, 5) is 20.1. The van der Waals surface area contributed by atoms with Crippen LogP contribution >= 0.6 is 15.9 Å². The number of fused-ring (bicyclic) bond motifs is 2. The maximum atomic E-state index is 12.5. The highest BCUT2D eigenvalue weighted by Crippen LogP contribution is 2.27. The van der Waals surface area contributed by atoms with Gasteiger partial charge in [0, 0.05) is 46.1 Å². The Balaban J connectivity index is 1.40. The number of H-pyrrole nitrogens is 1. The number of hydrogen-bond donors (Lipinski definition) is 3. The van der Waals surface area contributed by atoms with E-state index in [1.807, 2.05) is 60.9 Å². The first-order chi connectivity index (χ1) is 14.7. The second-order valence-electron chi connectivity index (χ2n) is 6.98. The van der Waals surface area contributed by atoms with E-state index in [2.05, 4.69) is 53.2 Å². The van der Waals surface area contributed by atoms with Gasteiger partial charge in [-0.3, -0.25) is 0 Å². The van der Waals surface area contributed by atoms with Crippen molar-refractivity contribution in [3.8, 4) is 0 Å². The lowest BCUT2D eigenvalue weighted by molar-refractivity contribution is 0.262. The summed E-state index contributed by atoms with van der Waals surface area (Å²) in [5.41, 5.74) is 4.59. The van der Waals surface area contributed by atoms with Crippen LogP contribution in [0.5, 0.6) is 0 Å². The van der Waals surface area contributed by atoms with Crippen molar-refractivity contribution in [2.75, 3.05) is 10.6 Å². The van der Waals surface area contributed by atoms with Crippen LogP contribution in [0.25, 0.3) is 21.9 Å². The lowest BCUT2D eigenvalue weighted by atomic mass is 10.2. The van der Waals surface area contributed by atoms with Gasteiger partial charge in [0.15, 0.2) is 0 Å². The predicted octanol–water partition coefficient (Wildman–Crippen LogP) is 5.97. The Morgan fingerprint density at radius 1 is 1.03 bits per heavy atom. The number of urea groups is 1. The van der Waals surface area contributed by atoms with Gasteiger partial charge in [-0.15, -0.1) is 0 Å². The molecule has 0 aliphatic heterocycles. The Kier molecular flexibility index (Phi) is 4.72. The van der Waals surface area contributed by atoms with Crippen LogP contribution in [0.3, 0.4) is 0 Å². The van der Waals surface area contributed by atoms with Gasteiger partial charge in [0.05, 0.1) is 11.2 Å². The van der Waals surface area contributed by atoms with E-state index in [1.54, 1.807) is 6.20 Å². The fraction of sp³-hybridized carbons (Fsp3) is 0.0435. The smallest absolute Gasteiger partial charge is 0.323 e. The number of halogens is 1. The molecule has 2 amide bonds. The average molecular weight is 460 g/mol. The zero-order chi connectivity index (χ0) is 20.5.